The number of rotatable bonds is 5. The lowest BCUT2D eigenvalue weighted by atomic mass is 10.1. The van der Waals surface area contributed by atoms with Crippen LogP contribution in [-0.4, -0.2) is 51.6 Å². The van der Waals surface area contributed by atoms with Gasteiger partial charge in [0, 0.05) is 17.0 Å². The molecule has 0 atom stereocenters. The summed E-state index contributed by atoms with van der Waals surface area (Å²) >= 11 is 0. The predicted octanol–water partition coefficient (Wildman–Crippen LogP) is 1.63. The monoisotopic (exact) mass is 381 g/mol. The van der Waals surface area contributed by atoms with E-state index < -0.39 is 0 Å². The van der Waals surface area contributed by atoms with E-state index in [-0.39, 0.29) is 5.75 Å². The van der Waals surface area contributed by atoms with Crippen LogP contribution in [0.25, 0.3) is 22.3 Å². The van der Waals surface area contributed by atoms with Gasteiger partial charge in [0.15, 0.2) is 0 Å². The number of fused-ring (bicyclic) bond motifs is 1. The lowest BCUT2D eigenvalue weighted by Gasteiger charge is -2.22. The lowest BCUT2D eigenvalue weighted by Crippen LogP contribution is -3.14. The number of nitrogens with zero attached hydrogens (tertiary/aromatic N) is 1. The van der Waals surface area contributed by atoms with Gasteiger partial charge < -0.3 is 23.9 Å². The Morgan fingerprint density at radius 1 is 1.07 bits per heavy atom. The maximum Gasteiger partial charge on any atom is 0.137 e. The summed E-state index contributed by atoms with van der Waals surface area (Å²) in [6.07, 6.45) is 0. The average molecular weight is 381 g/mol. The molecule has 2 aromatic carbocycles. The summed E-state index contributed by atoms with van der Waals surface area (Å²) in [5.41, 5.74) is 1.65. The molecule has 1 fully saturated rings. The number of hydrogen-bond donors (Lipinski definition) is 2. The van der Waals surface area contributed by atoms with Crippen molar-refractivity contribution in [3.63, 3.8) is 0 Å². The number of methoxy groups -OCH3 is 1. The highest BCUT2D eigenvalue weighted by Crippen LogP contribution is 2.25. The summed E-state index contributed by atoms with van der Waals surface area (Å²) in [5.74, 6) is 1.74. The van der Waals surface area contributed by atoms with E-state index in [0.29, 0.717) is 12.1 Å². The highest BCUT2D eigenvalue weighted by atomic mass is 16.5. The van der Waals surface area contributed by atoms with Gasteiger partial charge in [0.2, 0.25) is 0 Å². The molecule has 6 heteroatoms. The van der Waals surface area contributed by atoms with Gasteiger partial charge in [0.25, 0.3) is 0 Å². The molecule has 4 rings (SSSR count). The highest BCUT2D eigenvalue weighted by Gasteiger charge is 2.13. The molecule has 0 unspecified atom stereocenters. The van der Waals surface area contributed by atoms with Gasteiger partial charge in [0.1, 0.15) is 35.9 Å². The SMILES string of the molecule is COc1ccc(-c2cc(=NCC[NH+]3CCOCC3)c3cc(O)ccc3o2)cc1. The minimum atomic E-state index is 0.204. The van der Waals surface area contributed by atoms with Crippen molar-refractivity contribution in [2.45, 2.75) is 0 Å². The fraction of sp³-hybridized carbons (Fsp3) is 0.318. The van der Waals surface area contributed by atoms with Crippen molar-refractivity contribution in [2.75, 3.05) is 46.5 Å². The number of quaternary nitrogens is 1. The Kier molecular flexibility index (Phi) is 5.60. The first-order chi connectivity index (χ1) is 13.7. The van der Waals surface area contributed by atoms with Crippen molar-refractivity contribution in [3.05, 3.63) is 53.9 Å². The topological polar surface area (TPSA) is 68.6 Å². The number of aromatic hydroxyl groups is 1. The standard InChI is InChI=1S/C22H24N2O4/c1-26-18-5-2-16(3-6-18)22-15-20(19-14-17(25)4-7-21(19)28-22)23-8-9-24-10-12-27-13-11-24/h2-7,14-15,25H,8-13H2,1H3/p+1. The normalized spacial score (nSPS) is 15.8. The molecule has 146 valence electrons. The average Bonchev–Trinajstić information content (AvgIpc) is 2.74. The van der Waals surface area contributed by atoms with Crippen molar-refractivity contribution in [3.8, 4) is 22.8 Å². The molecule has 1 aliphatic heterocycles. The Balaban J connectivity index is 1.69. The Hall–Kier alpha value is -2.83. The third-order valence-electron chi connectivity index (χ3n) is 5.05. The van der Waals surface area contributed by atoms with E-state index in [0.717, 1.165) is 60.7 Å². The minimum absolute atomic E-state index is 0.204. The van der Waals surface area contributed by atoms with E-state index in [4.69, 9.17) is 18.9 Å². The van der Waals surface area contributed by atoms with Gasteiger partial charge in [-0.2, -0.15) is 0 Å². The largest absolute Gasteiger partial charge is 0.508 e. The second kappa shape index (κ2) is 8.46. The van der Waals surface area contributed by atoms with E-state index in [9.17, 15) is 5.11 Å². The highest BCUT2D eigenvalue weighted by molar-refractivity contribution is 5.80. The zero-order valence-electron chi connectivity index (χ0n) is 16.0. The van der Waals surface area contributed by atoms with Crippen LogP contribution in [-0.2, 0) is 4.74 Å². The Labute approximate surface area is 163 Å². The first-order valence-corrected chi connectivity index (χ1v) is 9.56. The van der Waals surface area contributed by atoms with Crippen LogP contribution in [0.1, 0.15) is 0 Å². The molecule has 3 aromatic rings. The fourth-order valence-electron chi connectivity index (χ4n) is 3.43. The van der Waals surface area contributed by atoms with Crippen molar-refractivity contribution < 1.29 is 23.9 Å². The van der Waals surface area contributed by atoms with Gasteiger partial charge in [-0.1, -0.05) is 0 Å². The van der Waals surface area contributed by atoms with Gasteiger partial charge in [-0.15, -0.1) is 0 Å². The van der Waals surface area contributed by atoms with Gasteiger partial charge >= 0.3 is 0 Å². The molecule has 28 heavy (non-hydrogen) atoms. The second-order valence-electron chi connectivity index (χ2n) is 6.90. The number of hydrogen-bond acceptors (Lipinski definition) is 5. The van der Waals surface area contributed by atoms with Crippen LogP contribution in [0.15, 0.2) is 57.9 Å². The van der Waals surface area contributed by atoms with Crippen LogP contribution in [0.3, 0.4) is 0 Å². The van der Waals surface area contributed by atoms with Gasteiger partial charge in [-0.3, -0.25) is 4.99 Å². The summed E-state index contributed by atoms with van der Waals surface area (Å²) in [7, 11) is 1.65. The van der Waals surface area contributed by atoms with Crippen molar-refractivity contribution in [1.29, 1.82) is 0 Å². The van der Waals surface area contributed by atoms with Crippen LogP contribution >= 0.6 is 0 Å². The summed E-state index contributed by atoms with van der Waals surface area (Å²) in [4.78, 5) is 6.34. The Morgan fingerprint density at radius 2 is 1.86 bits per heavy atom. The molecule has 1 aromatic heterocycles. The molecule has 1 saturated heterocycles. The number of morpholine rings is 1. The van der Waals surface area contributed by atoms with Gasteiger partial charge in [-0.25, -0.2) is 0 Å². The summed E-state index contributed by atoms with van der Waals surface area (Å²) in [6.45, 7) is 5.37. The summed E-state index contributed by atoms with van der Waals surface area (Å²) in [6, 6.07) is 14.8. The molecule has 6 nitrogen and oxygen atoms in total. The zero-order chi connectivity index (χ0) is 19.3. The third-order valence-corrected chi connectivity index (χ3v) is 5.05. The molecule has 0 bridgehead atoms. The quantitative estimate of drug-likeness (QED) is 0.705. The van der Waals surface area contributed by atoms with E-state index >= 15 is 0 Å². The molecule has 1 aliphatic rings. The van der Waals surface area contributed by atoms with Crippen LogP contribution in [0.2, 0.25) is 0 Å². The van der Waals surface area contributed by atoms with Gasteiger partial charge in [-0.05, 0) is 42.5 Å². The predicted molar refractivity (Wildman–Crippen MR) is 107 cm³/mol. The van der Waals surface area contributed by atoms with E-state index in [1.54, 1.807) is 25.3 Å². The lowest BCUT2D eigenvalue weighted by molar-refractivity contribution is -0.906. The smallest absolute Gasteiger partial charge is 0.137 e. The first-order valence-electron chi connectivity index (χ1n) is 9.56. The number of phenols is 1. The van der Waals surface area contributed by atoms with Crippen LogP contribution < -0.4 is 15.0 Å². The molecule has 0 radical (unpaired) electrons. The summed E-state index contributed by atoms with van der Waals surface area (Å²) in [5, 5.41) is 11.6. The van der Waals surface area contributed by atoms with Crippen molar-refractivity contribution in [2.24, 2.45) is 4.99 Å². The summed E-state index contributed by atoms with van der Waals surface area (Å²) < 4.78 is 16.7. The molecule has 2 heterocycles. The van der Waals surface area contributed by atoms with E-state index in [1.165, 1.54) is 4.90 Å². The molecule has 0 spiro atoms. The number of ether oxygens (including phenoxy) is 2. The molecule has 0 saturated carbocycles. The molecular weight excluding hydrogens is 356 g/mol. The molecule has 0 amide bonds. The van der Waals surface area contributed by atoms with E-state index in [2.05, 4.69) is 0 Å². The maximum absolute atomic E-state index is 9.91. The molecular formula is C22H25N2O4+. The molecule has 0 aliphatic carbocycles. The van der Waals surface area contributed by atoms with Crippen molar-refractivity contribution >= 4 is 11.0 Å². The minimum Gasteiger partial charge on any atom is -0.508 e. The second-order valence-corrected chi connectivity index (χ2v) is 6.90. The Morgan fingerprint density at radius 3 is 2.61 bits per heavy atom. The van der Waals surface area contributed by atoms with Gasteiger partial charge in [0.05, 0.1) is 38.8 Å². The number of benzene rings is 2. The van der Waals surface area contributed by atoms with Crippen LogP contribution in [0, 0.1) is 0 Å². The number of nitrogens with one attached hydrogen (secondary N) is 1. The number of phenolic OH excluding ortho intramolecular Hbond substituents is 1. The third kappa shape index (κ3) is 4.18. The van der Waals surface area contributed by atoms with Crippen LogP contribution in [0.4, 0.5) is 0 Å². The molecule has 2 N–H and O–H groups in total. The van der Waals surface area contributed by atoms with Crippen LogP contribution in [0.5, 0.6) is 11.5 Å². The maximum atomic E-state index is 9.91. The Bertz CT molecular complexity index is 1010. The zero-order valence-corrected chi connectivity index (χ0v) is 16.0. The van der Waals surface area contributed by atoms with Crippen molar-refractivity contribution in [1.82, 2.24) is 0 Å². The first kappa shape index (κ1) is 18.5. The van der Waals surface area contributed by atoms with E-state index in [1.807, 2.05) is 30.3 Å². The fourth-order valence-corrected chi connectivity index (χ4v) is 3.43.